The van der Waals surface area contributed by atoms with Gasteiger partial charge in [-0.3, -0.25) is 9.10 Å². The van der Waals surface area contributed by atoms with E-state index in [1.807, 2.05) is 0 Å². The number of ether oxygens (including phenoxy) is 2. The summed E-state index contributed by atoms with van der Waals surface area (Å²) in [5.41, 5.74) is -1.31. The van der Waals surface area contributed by atoms with Crippen molar-refractivity contribution < 1.29 is 35.9 Å². The van der Waals surface area contributed by atoms with Crippen LogP contribution in [0.15, 0.2) is 71.6 Å². The summed E-state index contributed by atoms with van der Waals surface area (Å²) in [6.07, 6.45) is -4.75. The van der Waals surface area contributed by atoms with Crippen LogP contribution >= 0.6 is 11.6 Å². The first-order valence-electron chi connectivity index (χ1n) is 10.2. The van der Waals surface area contributed by atoms with Gasteiger partial charge in [-0.25, -0.2) is 8.42 Å². The number of hydrogen-bond acceptors (Lipinski definition) is 5. The average molecular weight is 527 g/mol. The van der Waals surface area contributed by atoms with E-state index in [1.54, 1.807) is 12.1 Å². The molecule has 184 valence electrons. The van der Waals surface area contributed by atoms with Crippen LogP contribution in [0.5, 0.6) is 11.5 Å². The third kappa shape index (κ3) is 5.46. The molecule has 12 heteroatoms. The third-order valence-corrected chi connectivity index (χ3v) is 7.08. The van der Waals surface area contributed by atoms with Crippen molar-refractivity contribution in [2.24, 2.45) is 0 Å². The lowest BCUT2D eigenvalue weighted by Crippen LogP contribution is -2.38. The van der Waals surface area contributed by atoms with Crippen molar-refractivity contribution in [1.82, 2.24) is 0 Å². The Morgan fingerprint density at radius 1 is 0.971 bits per heavy atom. The number of nitrogens with one attached hydrogen (secondary N) is 1. The van der Waals surface area contributed by atoms with Gasteiger partial charge in [-0.05, 0) is 42.5 Å². The Labute approximate surface area is 204 Å². The van der Waals surface area contributed by atoms with Crippen LogP contribution in [-0.4, -0.2) is 34.1 Å². The highest BCUT2D eigenvalue weighted by molar-refractivity contribution is 7.92. The first-order chi connectivity index (χ1) is 16.6. The van der Waals surface area contributed by atoms with Gasteiger partial charge in [-0.15, -0.1) is 0 Å². The second-order valence-electron chi connectivity index (χ2n) is 7.40. The lowest BCUT2D eigenvalue weighted by molar-refractivity contribution is -0.137. The highest BCUT2D eigenvalue weighted by Crippen LogP contribution is 2.37. The fourth-order valence-electron chi connectivity index (χ4n) is 3.35. The molecule has 4 rings (SSSR count). The molecular formula is C23H18ClF3N2O5S. The first kappa shape index (κ1) is 24.7. The van der Waals surface area contributed by atoms with Crippen LogP contribution in [-0.2, 0) is 21.0 Å². The molecule has 0 atom stereocenters. The Kier molecular flexibility index (Phi) is 6.82. The number of carbonyl (C=O) groups excluding carboxylic acids is 1. The van der Waals surface area contributed by atoms with Gasteiger partial charge in [0.2, 0.25) is 5.91 Å². The molecule has 1 aliphatic rings. The van der Waals surface area contributed by atoms with Crippen LogP contribution in [0, 0.1) is 0 Å². The molecular weight excluding hydrogens is 509 g/mol. The van der Waals surface area contributed by atoms with Gasteiger partial charge in [0, 0.05) is 11.8 Å². The monoisotopic (exact) mass is 526 g/mol. The van der Waals surface area contributed by atoms with E-state index in [0.29, 0.717) is 35.1 Å². The summed E-state index contributed by atoms with van der Waals surface area (Å²) >= 11 is 6.12. The summed E-state index contributed by atoms with van der Waals surface area (Å²) < 4.78 is 78.3. The van der Waals surface area contributed by atoms with E-state index < -0.39 is 39.9 Å². The van der Waals surface area contributed by atoms with Crippen LogP contribution in [0.4, 0.5) is 24.5 Å². The van der Waals surface area contributed by atoms with Gasteiger partial charge in [0.25, 0.3) is 10.0 Å². The number of hydrogen-bond donors (Lipinski definition) is 1. The molecule has 1 N–H and O–H groups in total. The number of nitrogens with zero attached hydrogens (tertiary/aromatic N) is 1. The molecule has 0 fully saturated rings. The van der Waals surface area contributed by atoms with Gasteiger partial charge in [0.1, 0.15) is 19.8 Å². The van der Waals surface area contributed by atoms with E-state index in [0.717, 1.165) is 12.1 Å². The van der Waals surface area contributed by atoms with Crippen molar-refractivity contribution >= 4 is 38.9 Å². The SMILES string of the molecule is O=C(CN(c1cc(C(F)(F)F)ccc1Cl)S(=O)(=O)c1ccccc1)Nc1ccc2c(c1)OCCO2. The predicted octanol–water partition coefficient (Wildman–Crippen LogP) is 4.96. The maximum atomic E-state index is 13.4. The van der Waals surface area contributed by atoms with E-state index in [9.17, 15) is 26.4 Å². The quantitative estimate of drug-likeness (QED) is 0.490. The number of sulfonamides is 1. The van der Waals surface area contributed by atoms with Crippen molar-refractivity contribution in [2.45, 2.75) is 11.1 Å². The molecule has 0 bridgehead atoms. The summed E-state index contributed by atoms with van der Waals surface area (Å²) in [7, 11) is -4.46. The highest BCUT2D eigenvalue weighted by Gasteiger charge is 2.34. The zero-order valence-corrected chi connectivity index (χ0v) is 19.5. The van der Waals surface area contributed by atoms with Crippen LogP contribution in [0.3, 0.4) is 0 Å². The zero-order valence-electron chi connectivity index (χ0n) is 17.9. The number of carbonyl (C=O) groups is 1. The van der Waals surface area contributed by atoms with Crippen LogP contribution in [0.2, 0.25) is 5.02 Å². The van der Waals surface area contributed by atoms with Crippen LogP contribution < -0.4 is 19.1 Å². The second-order valence-corrected chi connectivity index (χ2v) is 9.66. The smallest absolute Gasteiger partial charge is 0.416 e. The lowest BCUT2D eigenvalue weighted by atomic mass is 10.2. The Balaban J connectivity index is 1.70. The summed E-state index contributed by atoms with van der Waals surface area (Å²) in [6, 6.07) is 13.9. The predicted molar refractivity (Wildman–Crippen MR) is 123 cm³/mol. The topological polar surface area (TPSA) is 84.9 Å². The van der Waals surface area contributed by atoms with E-state index in [2.05, 4.69) is 5.32 Å². The van der Waals surface area contributed by atoms with E-state index in [4.69, 9.17) is 21.1 Å². The highest BCUT2D eigenvalue weighted by atomic mass is 35.5. The van der Waals surface area contributed by atoms with Crippen molar-refractivity contribution in [2.75, 3.05) is 29.4 Å². The fraction of sp³-hybridized carbons (Fsp3) is 0.174. The number of alkyl halides is 3. The second kappa shape index (κ2) is 9.67. The zero-order chi connectivity index (χ0) is 25.2. The molecule has 0 saturated heterocycles. The van der Waals surface area contributed by atoms with Crippen LogP contribution in [0.1, 0.15) is 5.56 Å². The van der Waals surface area contributed by atoms with Crippen molar-refractivity contribution in [3.63, 3.8) is 0 Å². The number of amides is 1. The number of benzene rings is 3. The van der Waals surface area contributed by atoms with Crippen molar-refractivity contribution in [1.29, 1.82) is 0 Å². The van der Waals surface area contributed by atoms with Crippen molar-refractivity contribution in [3.8, 4) is 11.5 Å². The molecule has 0 aromatic heterocycles. The molecule has 35 heavy (non-hydrogen) atoms. The molecule has 1 heterocycles. The molecule has 0 radical (unpaired) electrons. The summed E-state index contributed by atoms with van der Waals surface area (Å²) in [6.45, 7) is -0.142. The number of halogens is 4. The van der Waals surface area contributed by atoms with Gasteiger partial charge < -0.3 is 14.8 Å². The first-order valence-corrected chi connectivity index (χ1v) is 12.0. The fourth-order valence-corrected chi connectivity index (χ4v) is 5.07. The maximum absolute atomic E-state index is 13.4. The number of fused-ring (bicyclic) bond motifs is 1. The molecule has 3 aromatic carbocycles. The number of anilines is 2. The molecule has 0 aliphatic carbocycles. The summed E-state index contributed by atoms with van der Waals surface area (Å²) in [5, 5.41) is 2.26. The average Bonchev–Trinajstić information content (AvgIpc) is 2.83. The minimum Gasteiger partial charge on any atom is -0.486 e. The van der Waals surface area contributed by atoms with Gasteiger partial charge >= 0.3 is 6.18 Å². The van der Waals surface area contributed by atoms with E-state index >= 15 is 0 Å². The normalized spacial score (nSPS) is 13.3. The molecule has 7 nitrogen and oxygen atoms in total. The molecule has 1 aliphatic heterocycles. The minimum absolute atomic E-state index is 0.222. The summed E-state index contributed by atoms with van der Waals surface area (Å²) in [4.78, 5) is 12.7. The Hall–Kier alpha value is -3.44. The Morgan fingerprint density at radius 2 is 1.66 bits per heavy atom. The standard InChI is InChI=1S/C23H18ClF3N2O5S/c24-18-8-6-15(23(25,26)27)12-19(18)29(35(31,32)17-4-2-1-3-5-17)14-22(30)28-16-7-9-20-21(13-16)34-11-10-33-20/h1-9,12-13H,10-11,14H2,(H,28,30). The molecule has 0 unspecified atom stereocenters. The summed E-state index contributed by atoms with van der Waals surface area (Å²) in [5.74, 6) is 0.0664. The molecule has 0 spiro atoms. The van der Waals surface area contributed by atoms with Gasteiger partial charge in [-0.2, -0.15) is 13.2 Å². The van der Waals surface area contributed by atoms with Crippen LogP contribution in [0.25, 0.3) is 0 Å². The number of rotatable bonds is 6. The van der Waals surface area contributed by atoms with Gasteiger partial charge in [0.15, 0.2) is 11.5 Å². The maximum Gasteiger partial charge on any atom is 0.416 e. The van der Waals surface area contributed by atoms with Crippen molar-refractivity contribution in [3.05, 3.63) is 77.3 Å². The molecule has 3 aromatic rings. The minimum atomic E-state index is -4.75. The Morgan fingerprint density at radius 3 is 2.34 bits per heavy atom. The van der Waals surface area contributed by atoms with E-state index in [-0.39, 0.29) is 15.6 Å². The van der Waals surface area contributed by atoms with Gasteiger partial charge in [-0.1, -0.05) is 29.8 Å². The third-order valence-electron chi connectivity index (χ3n) is 4.99. The Bertz CT molecular complexity index is 1350. The van der Waals surface area contributed by atoms with Gasteiger partial charge in [0.05, 0.1) is 21.2 Å². The lowest BCUT2D eigenvalue weighted by Gasteiger charge is -2.26. The van der Waals surface area contributed by atoms with E-state index in [1.165, 1.54) is 36.4 Å². The molecule has 0 saturated carbocycles. The molecule has 1 amide bonds. The largest absolute Gasteiger partial charge is 0.486 e.